The number of rotatable bonds is 8. The van der Waals surface area contributed by atoms with Gasteiger partial charge in [0.2, 0.25) is 0 Å². The van der Waals surface area contributed by atoms with E-state index in [1.165, 1.54) is 5.56 Å². The molecule has 4 heteroatoms. The first-order valence-corrected chi connectivity index (χ1v) is 8.80. The highest BCUT2D eigenvalue weighted by atomic mass is 32.2. The molecule has 0 bridgehead atoms. The fourth-order valence-corrected chi connectivity index (χ4v) is 3.05. The number of nitrogens with one attached hydrogen (secondary N) is 1. The Kier molecular flexibility index (Phi) is 7.38. The van der Waals surface area contributed by atoms with Crippen molar-refractivity contribution in [2.45, 2.75) is 52.7 Å². The third kappa shape index (κ3) is 5.33. The second-order valence-electron chi connectivity index (χ2n) is 5.64. The SMILES string of the molecule is CCC(CSC)N(C)c1cc(CNC(C)C)cc(C)n1. The number of nitrogens with zero attached hydrogens (tertiary/aromatic N) is 2. The quantitative estimate of drug-likeness (QED) is 0.795. The molecular weight excluding hydrogens is 266 g/mol. The molecular formula is C16H29N3S. The Morgan fingerprint density at radius 3 is 2.60 bits per heavy atom. The van der Waals surface area contributed by atoms with Crippen LogP contribution in [-0.4, -0.2) is 36.1 Å². The van der Waals surface area contributed by atoms with Crippen molar-refractivity contribution in [3.05, 3.63) is 23.4 Å². The van der Waals surface area contributed by atoms with E-state index in [-0.39, 0.29) is 0 Å². The van der Waals surface area contributed by atoms with E-state index in [4.69, 9.17) is 4.98 Å². The van der Waals surface area contributed by atoms with Gasteiger partial charge in [-0.2, -0.15) is 11.8 Å². The molecule has 0 radical (unpaired) electrons. The summed E-state index contributed by atoms with van der Waals surface area (Å²) in [7, 11) is 2.16. The molecule has 1 atom stereocenters. The van der Waals surface area contributed by atoms with E-state index in [1.807, 2.05) is 11.8 Å². The highest BCUT2D eigenvalue weighted by molar-refractivity contribution is 7.98. The standard InChI is InChI=1S/C16H29N3S/c1-7-15(11-20-6)19(5)16-9-14(8-13(4)18-16)10-17-12(2)3/h8-9,12,15,17H,7,10-11H2,1-6H3. The lowest BCUT2D eigenvalue weighted by Gasteiger charge is -2.28. The number of thioether (sulfide) groups is 1. The van der Waals surface area contributed by atoms with Crippen molar-refractivity contribution in [3.63, 3.8) is 0 Å². The summed E-state index contributed by atoms with van der Waals surface area (Å²) in [5.74, 6) is 2.23. The minimum absolute atomic E-state index is 0.504. The second-order valence-corrected chi connectivity index (χ2v) is 6.55. The van der Waals surface area contributed by atoms with Crippen LogP contribution in [0.2, 0.25) is 0 Å². The number of aryl methyl sites for hydroxylation is 1. The Morgan fingerprint density at radius 1 is 1.35 bits per heavy atom. The first kappa shape index (κ1) is 17.3. The zero-order chi connectivity index (χ0) is 15.1. The second kappa shape index (κ2) is 8.53. The zero-order valence-corrected chi connectivity index (χ0v) is 14.5. The van der Waals surface area contributed by atoms with Crippen molar-refractivity contribution in [3.8, 4) is 0 Å². The monoisotopic (exact) mass is 295 g/mol. The molecule has 1 unspecified atom stereocenters. The van der Waals surface area contributed by atoms with E-state index >= 15 is 0 Å². The smallest absolute Gasteiger partial charge is 0.129 e. The van der Waals surface area contributed by atoms with Gasteiger partial charge in [0, 0.05) is 37.1 Å². The Bertz CT molecular complexity index is 407. The van der Waals surface area contributed by atoms with Crippen LogP contribution in [0.25, 0.3) is 0 Å². The van der Waals surface area contributed by atoms with Gasteiger partial charge in [-0.05, 0) is 37.3 Å². The summed E-state index contributed by atoms with van der Waals surface area (Å²) in [6.07, 6.45) is 3.31. The molecule has 1 aromatic heterocycles. The lowest BCUT2D eigenvalue weighted by atomic mass is 10.2. The van der Waals surface area contributed by atoms with E-state index < -0.39 is 0 Å². The lowest BCUT2D eigenvalue weighted by molar-refractivity contribution is 0.587. The normalized spacial score (nSPS) is 12.8. The number of hydrogen-bond donors (Lipinski definition) is 1. The average molecular weight is 295 g/mol. The summed E-state index contributed by atoms with van der Waals surface area (Å²) in [5.41, 5.74) is 2.40. The molecule has 20 heavy (non-hydrogen) atoms. The zero-order valence-electron chi connectivity index (χ0n) is 13.7. The molecule has 0 aliphatic rings. The summed E-state index contributed by atoms with van der Waals surface area (Å²) >= 11 is 1.90. The third-order valence-corrected chi connectivity index (χ3v) is 4.17. The molecule has 0 fully saturated rings. The third-order valence-electron chi connectivity index (χ3n) is 3.45. The molecule has 1 heterocycles. The molecule has 114 valence electrons. The summed E-state index contributed by atoms with van der Waals surface area (Å²) in [4.78, 5) is 7.02. The van der Waals surface area contributed by atoms with Gasteiger partial charge in [-0.25, -0.2) is 4.98 Å². The number of anilines is 1. The Labute approximate surface area is 128 Å². The van der Waals surface area contributed by atoms with Gasteiger partial charge in [-0.1, -0.05) is 20.8 Å². The largest absolute Gasteiger partial charge is 0.356 e. The van der Waals surface area contributed by atoms with Crippen LogP contribution in [-0.2, 0) is 6.54 Å². The van der Waals surface area contributed by atoms with Crippen molar-refractivity contribution in [1.29, 1.82) is 0 Å². The number of hydrogen-bond acceptors (Lipinski definition) is 4. The van der Waals surface area contributed by atoms with Crippen LogP contribution in [0.5, 0.6) is 0 Å². The fraction of sp³-hybridized carbons (Fsp3) is 0.688. The molecule has 0 amide bonds. The van der Waals surface area contributed by atoms with Crippen molar-refractivity contribution in [1.82, 2.24) is 10.3 Å². The summed E-state index contributed by atoms with van der Waals surface area (Å²) in [5, 5.41) is 3.47. The summed E-state index contributed by atoms with van der Waals surface area (Å²) in [6.45, 7) is 9.57. The van der Waals surface area contributed by atoms with Gasteiger partial charge in [0.25, 0.3) is 0 Å². The highest BCUT2D eigenvalue weighted by Gasteiger charge is 2.14. The van der Waals surface area contributed by atoms with E-state index in [1.54, 1.807) is 0 Å². The molecule has 1 N–H and O–H groups in total. The maximum absolute atomic E-state index is 4.70. The Balaban J connectivity index is 2.88. The predicted octanol–water partition coefficient (Wildman–Crippen LogP) is 3.47. The van der Waals surface area contributed by atoms with Gasteiger partial charge in [0.05, 0.1) is 0 Å². The summed E-state index contributed by atoms with van der Waals surface area (Å²) in [6, 6.07) is 5.43. The molecule has 0 aliphatic heterocycles. The van der Waals surface area contributed by atoms with Crippen LogP contribution in [0.3, 0.4) is 0 Å². The van der Waals surface area contributed by atoms with Crippen molar-refractivity contribution >= 4 is 17.6 Å². The van der Waals surface area contributed by atoms with Crippen LogP contribution in [0.15, 0.2) is 12.1 Å². The van der Waals surface area contributed by atoms with Gasteiger partial charge >= 0.3 is 0 Å². The molecule has 0 saturated carbocycles. The Morgan fingerprint density at radius 2 is 2.05 bits per heavy atom. The van der Waals surface area contributed by atoms with Crippen molar-refractivity contribution in [2.24, 2.45) is 0 Å². The fourth-order valence-electron chi connectivity index (χ4n) is 2.21. The molecule has 3 nitrogen and oxygen atoms in total. The molecule has 1 aromatic rings. The van der Waals surface area contributed by atoms with Crippen LogP contribution in [0.1, 0.15) is 38.4 Å². The van der Waals surface area contributed by atoms with Gasteiger partial charge in [0.15, 0.2) is 0 Å². The molecule has 0 aliphatic carbocycles. The minimum Gasteiger partial charge on any atom is -0.356 e. The van der Waals surface area contributed by atoms with Crippen LogP contribution in [0.4, 0.5) is 5.82 Å². The van der Waals surface area contributed by atoms with E-state index in [9.17, 15) is 0 Å². The average Bonchev–Trinajstić information content (AvgIpc) is 2.41. The molecule has 0 saturated heterocycles. The first-order valence-electron chi connectivity index (χ1n) is 7.40. The molecule has 0 aromatic carbocycles. The Hall–Kier alpha value is -0.740. The van der Waals surface area contributed by atoms with Gasteiger partial charge in [0.1, 0.15) is 5.82 Å². The lowest BCUT2D eigenvalue weighted by Crippen LogP contribution is -2.34. The maximum atomic E-state index is 4.70. The number of pyridine rings is 1. The highest BCUT2D eigenvalue weighted by Crippen LogP contribution is 2.19. The van der Waals surface area contributed by atoms with E-state index in [0.717, 1.165) is 30.2 Å². The van der Waals surface area contributed by atoms with Gasteiger partial charge in [-0.15, -0.1) is 0 Å². The van der Waals surface area contributed by atoms with E-state index in [2.05, 4.69) is 63.3 Å². The van der Waals surface area contributed by atoms with Crippen LogP contribution < -0.4 is 10.2 Å². The van der Waals surface area contributed by atoms with Gasteiger partial charge in [-0.3, -0.25) is 0 Å². The number of aromatic nitrogens is 1. The minimum atomic E-state index is 0.504. The van der Waals surface area contributed by atoms with Crippen LogP contribution in [0, 0.1) is 6.92 Å². The predicted molar refractivity (Wildman–Crippen MR) is 91.8 cm³/mol. The van der Waals surface area contributed by atoms with Gasteiger partial charge < -0.3 is 10.2 Å². The molecule has 0 spiro atoms. The van der Waals surface area contributed by atoms with E-state index in [0.29, 0.717) is 12.1 Å². The van der Waals surface area contributed by atoms with Crippen molar-refractivity contribution in [2.75, 3.05) is 24.0 Å². The van der Waals surface area contributed by atoms with Crippen molar-refractivity contribution < 1.29 is 0 Å². The summed E-state index contributed by atoms with van der Waals surface area (Å²) < 4.78 is 0. The first-order chi connectivity index (χ1) is 9.47. The molecule has 1 rings (SSSR count). The maximum Gasteiger partial charge on any atom is 0.129 e. The topological polar surface area (TPSA) is 28.2 Å². The van der Waals surface area contributed by atoms with Crippen LogP contribution >= 0.6 is 11.8 Å².